The number of hydrogen-bond donors (Lipinski definition) is 0. The Kier molecular flexibility index (Phi) is 3.14. The first-order valence-electron chi connectivity index (χ1n) is 4.86. The van der Waals surface area contributed by atoms with Crippen molar-refractivity contribution in [1.82, 2.24) is 15.0 Å². The van der Waals surface area contributed by atoms with Gasteiger partial charge in [0.1, 0.15) is 12.4 Å². The highest BCUT2D eigenvalue weighted by Gasteiger charge is 2.15. The molecule has 1 aliphatic rings. The maximum absolute atomic E-state index is 5.62. The third-order valence-electron chi connectivity index (χ3n) is 2.34. The molecule has 76 valence electrons. The lowest BCUT2D eigenvalue weighted by Crippen LogP contribution is -2.20. The second-order valence-corrected chi connectivity index (χ2v) is 3.75. The van der Waals surface area contributed by atoms with E-state index in [0.29, 0.717) is 6.01 Å². The Morgan fingerprint density at radius 1 is 1.21 bits per heavy atom. The number of hydrogen-bond acceptors (Lipinski definition) is 4. The lowest BCUT2D eigenvalue weighted by molar-refractivity contribution is 0.141. The molecular weight excluding hydrogens is 202 g/mol. The van der Waals surface area contributed by atoms with Crippen LogP contribution < -0.4 is 4.74 Å². The topological polar surface area (TPSA) is 47.9 Å². The molecule has 14 heavy (non-hydrogen) atoms. The normalized spacial score (nSPS) is 18.1. The summed E-state index contributed by atoms with van der Waals surface area (Å²) in [5.41, 5.74) is 0. The molecule has 2 rings (SSSR count). The number of nitrogens with zero attached hydrogens (tertiary/aromatic N) is 3. The summed E-state index contributed by atoms with van der Waals surface area (Å²) < 4.78 is 5.59. The van der Waals surface area contributed by atoms with Crippen molar-refractivity contribution in [2.45, 2.75) is 38.2 Å². The minimum absolute atomic E-state index is 0.186. The monoisotopic (exact) mass is 213 g/mol. The van der Waals surface area contributed by atoms with Gasteiger partial charge < -0.3 is 4.74 Å². The molecule has 1 fully saturated rings. The molecule has 1 aliphatic carbocycles. The number of rotatable bonds is 2. The highest BCUT2D eigenvalue weighted by Crippen LogP contribution is 2.21. The number of ether oxygens (including phenoxy) is 1. The van der Waals surface area contributed by atoms with Gasteiger partial charge in [-0.15, -0.1) is 0 Å². The van der Waals surface area contributed by atoms with E-state index in [1.807, 2.05) is 0 Å². The van der Waals surface area contributed by atoms with Crippen LogP contribution in [0.4, 0.5) is 0 Å². The van der Waals surface area contributed by atoms with E-state index in [2.05, 4.69) is 15.0 Å². The third kappa shape index (κ3) is 2.54. The van der Waals surface area contributed by atoms with Gasteiger partial charge in [-0.2, -0.15) is 9.97 Å². The van der Waals surface area contributed by atoms with Crippen LogP contribution >= 0.6 is 11.6 Å². The van der Waals surface area contributed by atoms with Crippen molar-refractivity contribution < 1.29 is 4.74 Å². The van der Waals surface area contributed by atoms with Crippen molar-refractivity contribution in [2.24, 2.45) is 0 Å². The van der Waals surface area contributed by atoms with Crippen molar-refractivity contribution in [3.63, 3.8) is 0 Å². The Bertz CT molecular complexity index is 302. The van der Waals surface area contributed by atoms with Gasteiger partial charge in [0.05, 0.1) is 0 Å². The molecule has 1 aromatic rings. The quantitative estimate of drug-likeness (QED) is 0.756. The van der Waals surface area contributed by atoms with Crippen LogP contribution in [-0.4, -0.2) is 21.1 Å². The Morgan fingerprint density at radius 2 is 2.00 bits per heavy atom. The van der Waals surface area contributed by atoms with E-state index in [1.165, 1.54) is 25.6 Å². The van der Waals surface area contributed by atoms with Crippen LogP contribution in [0.5, 0.6) is 6.01 Å². The van der Waals surface area contributed by atoms with Crippen molar-refractivity contribution in [3.8, 4) is 6.01 Å². The van der Waals surface area contributed by atoms with Gasteiger partial charge in [0.25, 0.3) is 0 Å². The molecule has 0 saturated heterocycles. The molecule has 4 nitrogen and oxygen atoms in total. The molecule has 5 heteroatoms. The van der Waals surface area contributed by atoms with Crippen LogP contribution in [-0.2, 0) is 0 Å². The first kappa shape index (κ1) is 9.65. The van der Waals surface area contributed by atoms with Gasteiger partial charge in [-0.1, -0.05) is 6.42 Å². The molecule has 1 aromatic heterocycles. The second-order valence-electron chi connectivity index (χ2n) is 3.41. The van der Waals surface area contributed by atoms with Gasteiger partial charge in [-0.05, 0) is 37.3 Å². The minimum atomic E-state index is 0.186. The number of halogens is 1. The summed E-state index contributed by atoms with van der Waals surface area (Å²) >= 11 is 5.62. The molecule has 0 amide bonds. The molecule has 0 unspecified atom stereocenters. The Morgan fingerprint density at radius 3 is 2.71 bits per heavy atom. The average Bonchev–Trinajstić information content (AvgIpc) is 2.19. The molecule has 1 saturated carbocycles. The lowest BCUT2D eigenvalue weighted by Gasteiger charge is -2.21. The zero-order chi connectivity index (χ0) is 9.80. The molecule has 0 N–H and O–H groups in total. The summed E-state index contributed by atoms with van der Waals surface area (Å²) in [6.07, 6.45) is 7.55. The van der Waals surface area contributed by atoms with Crippen LogP contribution in [0.15, 0.2) is 6.33 Å². The van der Waals surface area contributed by atoms with Crippen molar-refractivity contribution in [3.05, 3.63) is 11.6 Å². The Labute approximate surface area is 87.7 Å². The van der Waals surface area contributed by atoms with E-state index >= 15 is 0 Å². The van der Waals surface area contributed by atoms with Gasteiger partial charge in [0.2, 0.25) is 5.28 Å². The fourth-order valence-electron chi connectivity index (χ4n) is 1.65. The van der Waals surface area contributed by atoms with E-state index in [9.17, 15) is 0 Å². The second kappa shape index (κ2) is 4.55. The Balaban J connectivity index is 1.95. The largest absolute Gasteiger partial charge is 0.460 e. The maximum Gasteiger partial charge on any atom is 0.320 e. The lowest BCUT2D eigenvalue weighted by atomic mass is 9.98. The highest BCUT2D eigenvalue weighted by molar-refractivity contribution is 6.28. The molecule has 0 bridgehead atoms. The standard InChI is InChI=1S/C9H12ClN3O/c10-8-11-6-12-9(13-8)14-7-4-2-1-3-5-7/h6-7H,1-5H2. The average molecular weight is 214 g/mol. The van der Waals surface area contributed by atoms with Crippen molar-refractivity contribution >= 4 is 11.6 Å². The van der Waals surface area contributed by atoms with Crippen molar-refractivity contribution in [2.75, 3.05) is 0 Å². The summed E-state index contributed by atoms with van der Waals surface area (Å²) in [6.45, 7) is 0. The highest BCUT2D eigenvalue weighted by atomic mass is 35.5. The van der Waals surface area contributed by atoms with Gasteiger partial charge >= 0.3 is 6.01 Å². The zero-order valence-electron chi connectivity index (χ0n) is 7.82. The van der Waals surface area contributed by atoms with Gasteiger partial charge in [0.15, 0.2) is 0 Å². The van der Waals surface area contributed by atoms with Gasteiger partial charge in [0, 0.05) is 0 Å². The summed E-state index contributed by atoms with van der Waals surface area (Å²) in [4.78, 5) is 11.5. The number of aromatic nitrogens is 3. The van der Waals surface area contributed by atoms with Crippen LogP contribution in [0.2, 0.25) is 5.28 Å². The molecule has 0 radical (unpaired) electrons. The molecule has 1 heterocycles. The van der Waals surface area contributed by atoms with Gasteiger partial charge in [-0.25, -0.2) is 4.98 Å². The third-order valence-corrected chi connectivity index (χ3v) is 2.53. The fraction of sp³-hybridized carbons (Fsp3) is 0.667. The van der Waals surface area contributed by atoms with Gasteiger partial charge in [-0.3, -0.25) is 0 Å². The van der Waals surface area contributed by atoms with E-state index in [0.717, 1.165) is 12.8 Å². The molecule has 0 aromatic carbocycles. The first-order valence-corrected chi connectivity index (χ1v) is 5.23. The van der Waals surface area contributed by atoms with E-state index in [1.54, 1.807) is 0 Å². The predicted molar refractivity (Wildman–Crippen MR) is 52.3 cm³/mol. The SMILES string of the molecule is Clc1ncnc(OC2CCCCC2)n1. The zero-order valence-corrected chi connectivity index (χ0v) is 8.57. The summed E-state index contributed by atoms with van der Waals surface area (Å²) in [6, 6.07) is 0.344. The van der Waals surface area contributed by atoms with Crippen LogP contribution in [0, 0.1) is 0 Å². The van der Waals surface area contributed by atoms with Crippen LogP contribution in [0.3, 0.4) is 0 Å². The van der Waals surface area contributed by atoms with Crippen molar-refractivity contribution in [1.29, 1.82) is 0 Å². The van der Waals surface area contributed by atoms with E-state index in [4.69, 9.17) is 16.3 Å². The smallest absolute Gasteiger partial charge is 0.320 e. The molecule has 0 atom stereocenters. The first-order chi connectivity index (χ1) is 6.84. The van der Waals surface area contributed by atoms with E-state index < -0.39 is 0 Å². The summed E-state index contributed by atoms with van der Waals surface area (Å²) in [7, 11) is 0. The van der Waals surface area contributed by atoms with Crippen LogP contribution in [0.1, 0.15) is 32.1 Å². The summed E-state index contributed by atoms with van der Waals surface area (Å²) in [5.74, 6) is 0. The maximum atomic E-state index is 5.62. The van der Waals surface area contributed by atoms with E-state index in [-0.39, 0.29) is 11.4 Å². The molecule has 0 aliphatic heterocycles. The predicted octanol–water partition coefficient (Wildman–Crippen LogP) is 2.24. The van der Waals surface area contributed by atoms with Crippen LogP contribution in [0.25, 0.3) is 0 Å². The Hall–Kier alpha value is -0.900. The fourth-order valence-corrected chi connectivity index (χ4v) is 1.77. The molecular formula is C9H12ClN3O. The minimum Gasteiger partial charge on any atom is -0.460 e. The molecule has 0 spiro atoms. The summed E-state index contributed by atoms with van der Waals surface area (Å²) in [5, 5.41) is 0.186.